The van der Waals surface area contributed by atoms with E-state index < -0.39 is 4.92 Å². The maximum Gasteiger partial charge on any atom is 0.272 e. The molecule has 0 saturated heterocycles. The molecule has 0 aliphatic heterocycles. The molecule has 2 aromatic rings. The third kappa shape index (κ3) is 3.18. The van der Waals surface area contributed by atoms with Gasteiger partial charge < -0.3 is 5.32 Å². The van der Waals surface area contributed by atoms with Crippen LogP contribution >= 0.6 is 34.5 Å². The largest absolute Gasteiger partial charge is 0.375 e. The Bertz CT molecular complexity index is 579. The Morgan fingerprint density at radius 2 is 2.00 bits per heavy atom. The molecule has 0 radical (unpaired) electrons. The van der Waals surface area contributed by atoms with Crippen LogP contribution in [0, 0.1) is 10.1 Å². The molecule has 2 rings (SSSR count). The molecular weight excluding hydrogens is 307 g/mol. The first-order valence-electron chi connectivity index (χ1n) is 5.42. The van der Waals surface area contributed by atoms with Gasteiger partial charge in [0.1, 0.15) is 0 Å². The number of benzene rings is 1. The minimum absolute atomic E-state index is 0.0245. The summed E-state index contributed by atoms with van der Waals surface area (Å²) in [5.41, 5.74) is 0.388. The SMILES string of the molecule is CC(Nc1c(Cl)cc([N+](=O)[O-])cc1Cl)c1cccs1. The van der Waals surface area contributed by atoms with Crippen molar-refractivity contribution in [1.82, 2.24) is 0 Å². The smallest absolute Gasteiger partial charge is 0.272 e. The number of thiophene rings is 1. The van der Waals surface area contributed by atoms with Crippen LogP contribution in [0.15, 0.2) is 29.6 Å². The maximum absolute atomic E-state index is 10.7. The molecule has 7 heteroatoms. The molecule has 1 aromatic heterocycles. The van der Waals surface area contributed by atoms with E-state index in [0.29, 0.717) is 5.69 Å². The van der Waals surface area contributed by atoms with Crippen LogP contribution in [0.4, 0.5) is 11.4 Å². The van der Waals surface area contributed by atoms with E-state index >= 15 is 0 Å². The van der Waals surface area contributed by atoms with Gasteiger partial charge in [-0.3, -0.25) is 10.1 Å². The first kappa shape index (κ1) is 14.1. The Labute approximate surface area is 124 Å². The number of halogens is 2. The molecule has 0 fully saturated rings. The molecule has 19 heavy (non-hydrogen) atoms. The number of non-ortho nitro benzene ring substituents is 1. The topological polar surface area (TPSA) is 55.2 Å². The Balaban J connectivity index is 2.28. The number of nitrogens with one attached hydrogen (secondary N) is 1. The summed E-state index contributed by atoms with van der Waals surface area (Å²) in [5, 5.41) is 16.3. The normalized spacial score (nSPS) is 12.2. The van der Waals surface area contributed by atoms with Gasteiger partial charge in [0.25, 0.3) is 5.69 Å². The van der Waals surface area contributed by atoms with Crippen molar-refractivity contribution in [2.24, 2.45) is 0 Å². The average Bonchev–Trinajstić information content (AvgIpc) is 2.86. The van der Waals surface area contributed by atoms with Crippen molar-refractivity contribution in [3.63, 3.8) is 0 Å². The van der Waals surface area contributed by atoms with E-state index in [1.807, 2.05) is 24.4 Å². The molecule has 1 aromatic carbocycles. The number of nitrogens with zero attached hydrogens (tertiary/aromatic N) is 1. The van der Waals surface area contributed by atoms with Crippen molar-refractivity contribution in [3.05, 3.63) is 54.7 Å². The van der Waals surface area contributed by atoms with Crippen molar-refractivity contribution in [1.29, 1.82) is 0 Å². The van der Waals surface area contributed by atoms with Crippen LogP contribution in [-0.4, -0.2) is 4.92 Å². The number of hydrogen-bond donors (Lipinski definition) is 1. The molecule has 0 amide bonds. The zero-order valence-electron chi connectivity index (χ0n) is 9.89. The summed E-state index contributed by atoms with van der Waals surface area (Å²) in [4.78, 5) is 11.3. The molecule has 0 saturated carbocycles. The predicted molar refractivity (Wildman–Crippen MR) is 79.5 cm³/mol. The predicted octanol–water partition coefficient (Wildman–Crippen LogP) is 5.14. The highest BCUT2D eigenvalue weighted by Crippen LogP contribution is 2.37. The van der Waals surface area contributed by atoms with E-state index in [1.54, 1.807) is 11.3 Å². The molecule has 0 spiro atoms. The van der Waals surface area contributed by atoms with Crippen molar-refractivity contribution >= 4 is 45.9 Å². The Morgan fingerprint density at radius 3 is 2.47 bits per heavy atom. The van der Waals surface area contributed by atoms with Gasteiger partial charge in [-0.1, -0.05) is 29.3 Å². The molecular formula is C12H10Cl2N2O2S. The third-order valence-electron chi connectivity index (χ3n) is 2.57. The number of nitro groups is 1. The summed E-state index contributed by atoms with van der Waals surface area (Å²) < 4.78 is 0. The summed E-state index contributed by atoms with van der Waals surface area (Å²) in [5.74, 6) is 0. The van der Waals surface area contributed by atoms with Gasteiger partial charge in [-0.2, -0.15) is 0 Å². The molecule has 4 nitrogen and oxygen atoms in total. The van der Waals surface area contributed by atoms with Gasteiger partial charge in [-0.05, 0) is 18.4 Å². The van der Waals surface area contributed by atoms with Crippen molar-refractivity contribution in [2.75, 3.05) is 5.32 Å². The second-order valence-corrected chi connectivity index (χ2v) is 5.72. The standard InChI is InChI=1S/C12H10Cl2N2O2S/c1-7(11-3-2-4-19-11)15-12-9(13)5-8(16(17)18)6-10(12)14/h2-7,15H,1H3. The zero-order valence-corrected chi connectivity index (χ0v) is 12.2. The van der Waals surface area contributed by atoms with E-state index in [1.165, 1.54) is 12.1 Å². The first-order valence-corrected chi connectivity index (χ1v) is 7.06. The summed E-state index contributed by atoms with van der Waals surface area (Å²) in [6, 6.07) is 6.55. The number of anilines is 1. The molecule has 0 aliphatic rings. The van der Waals surface area contributed by atoms with Crippen LogP contribution in [0.2, 0.25) is 10.0 Å². The quantitative estimate of drug-likeness (QED) is 0.628. The van der Waals surface area contributed by atoms with E-state index in [9.17, 15) is 10.1 Å². The van der Waals surface area contributed by atoms with E-state index in [2.05, 4.69) is 5.32 Å². The second-order valence-electron chi connectivity index (χ2n) is 3.92. The van der Waals surface area contributed by atoms with Crippen molar-refractivity contribution in [3.8, 4) is 0 Å². The second kappa shape index (κ2) is 5.77. The zero-order chi connectivity index (χ0) is 14.0. The van der Waals surface area contributed by atoms with Crippen LogP contribution in [0.1, 0.15) is 17.8 Å². The van der Waals surface area contributed by atoms with Gasteiger partial charge in [-0.25, -0.2) is 0 Å². The van der Waals surface area contributed by atoms with Crippen LogP contribution in [0.5, 0.6) is 0 Å². The van der Waals surface area contributed by atoms with Gasteiger partial charge >= 0.3 is 0 Å². The molecule has 1 heterocycles. The lowest BCUT2D eigenvalue weighted by Gasteiger charge is -2.16. The Hall–Kier alpha value is -1.30. The fraction of sp³-hybridized carbons (Fsp3) is 0.167. The van der Waals surface area contributed by atoms with Crippen LogP contribution in [0.25, 0.3) is 0 Å². The minimum Gasteiger partial charge on any atom is -0.375 e. The van der Waals surface area contributed by atoms with E-state index in [0.717, 1.165) is 4.88 Å². The van der Waals surface area contributed by atoms with E-state index in [-0.39, 0.29) is 21.8 Å². The van der Waals surface area contributed by atoms with Crippen molar-refractivity contribution in [2.45, 2.75) is 13.0 Å². The minimum atomic E-state index is -0.524. The van der Waals surface area contributed by atoms with Crippen molar-refractivity contribution < 1.29 is 4.92 Å². The molecule has 0 aliphatic carbocycles. The summed E-state index contributed by atoms with van der Waals surface area (Å²) in [6.07, 6.45) is 0. The lowest BCUT2D eigenvalue weighted by Crippen LogP contribution is -2.06. The summed E-state index contributed by atoms with van der Waals surface area (Å²) >= 11 is 13.7. The summed E-state index contributed by atoms with van der Waals surface area (Å²) in [6.45, 7) is 1.97. The molecule has 1 N–H and O–H groups in total. The fourth-order valence-corrected chi connectivity index (χ4v) is 2.95. The lowest BCUT2D eigenvalue weighted by molar-refractivity contribution is -0.384. The summed E-state index contributed by atoms with van der Waals surface area (Å²) in [7, 11) is 0. The highest BCUT2D eigenvalue weighted by atomic mass is 35.5. The average molecular weight is 317 g/mol. The van der Waals surface area contributed by atoms with Crippen LogP contribution in [-0.2, 0) is 0 Å². The maximum atomic E-state index is 10.7. The monoisotopic (exact) mass is 316 g/mol. The molecule has 0 bridgehead atoms. The Morgan fingerprint density at radius 1 is 1.37 bits per heavy atom. The van der Waals surface area contributed by atoms with Gasteiger partial charge in [0.05, 0.1) is 26.7 Å². The molecule has 100 valence electrons. The number of nitro benzene ring substituents is 1. The third-order valence-corrected chi connectivity index (χ3v) is 4.22. The van der Waals surface area contributed by atoms with Gasteiger partial charge in [0.15, 0.2) is 0 Å². The highest BCUT2D eigenvalue weighted by Gasteiger charge is 2.16. The van der Waals surface area contributed by atoms with Gasteiger partial charge in [-0.15, -0.1) is 11.3 Å². The van der Waals surface area contributed by atoms with Crippen LogP contribution in [0.3, 0.4) is 0 Å². The fourth-order valence-electron chi connectivity index (χ4n) is 1.63. The molecule has 1 atom stereocenters. The highest BCUT2D eigenvalue weighted by molar-refractivity contribution is 7.10. The van der Waals surface area contributed by atoms with Gasteiger partial charge in [0, 0.05) is 17.0 Å². The van der Waals surface area contributed by atoms with Crippen LogP contribution < -0.4 is 5.32 Å². The number of rotatable bonds is 4. The Kier molecular flexibility index (Phi) is 4.29. The number of hydrogen-bond acceptors (Lipinski definition) is 4. The van der Waals surface area contributed by atoms with E-state index in [4.69, 9.17) is 23.2 Å². The molecule has 1 unspecified atom stereocenters. The first-order chi connectivity index (χ1) is 8.99. The lowest BCUT2D eigenvalue weighted by atomic mass is 10.2. The van der Waals surface area contributed by atoms with Gasteiger partial charge in [0.2, 0.25) is 0 Å².